The van der Waals surface area contributed by atoms with Crippen LogP contribution in [0.2, 0.25) is 0 Å². The summed E-state index contributed by atoms with van der Waals surface area (Å²) in [4.78, 5) is 12.2. The lowest BCUT2D eigenvalue weighted by atomic mass is 9.93. The molecule has 1 aliphatic heterocycles. The van der Waals surface area contributed by atoms with Gasteiger partial charge in [0.25, 0.3) is 0 Å². The molecule has 2 atom stereocenters. The second kappa shape index (κ2) is 4.81. The molecule has 0 unspecified atom stereocenters. The second-order valence-corrected chi connectivity index (χ2v) is 4.93. The summed E-state index contributed by atoms with van der Waals surface area (Å²) in [6, 6.07) is 5.85. The van der Waals surface area contributed by atoms with E-state index in [1.807, 2.05) is 0 Å². The van der Waals surface area contributed by atoms with Crippen molar-refractivity contribution in [2.24, 2.45) is 0 Å². The van der Waals surface area contributed by atoms with Gasteiger partial charge in [-0.3, -0.25) is 4.79 Å². The highest BCUT2D eigenvalue weighted by Crippen LogP contribution is 2.41. The van der Waals surface area contributed by atoms with Crippen LogP contribution in [-0.2, 0) is 0 Å². The lowest BCUT2D eigenvalue weighted by molar-refractivity contribution is 0.0214. The topological polar surface area (TPSA) is 127 Å². The quantitative estimate of drug-likeness (QED) is 0.501. The molecule has 0 bridgehead atoms. The predicted octanol–water partition coefficient (Wildman–Crippen LogP) is 1.19. The molecule has 0 spiro atoms. The minimum atomic E-state index is -1.56. The van der Waals surface area contributed by atoms with E-state index in [-0.39, 0.29) is 22.6 Å². The molecular formula is C15H12O7. The lowest BCUT2D eigenvalue weighted by Crippen LogP contribution is -2.36. The number of ether oxygens (including phenoxy) is 1. The molecule has 0 radical (unpaired) electrons. The van der Waals surface area contributed by atoms with Crippen LogP contribution in [0.3, 0.4) is 0 Å². The van der Waals surface area contributed by atoms with Gasteiger partial charge >= 0.3 is 0 Å². The highest BCUT2D eigenvalue weighted by Gasteiger charge is 2.38. The van der Waals surface area contributed by atoms with E-state index >= 15 is 0 Å². The summed E-state index contributed by atoms with van der Waals surface area (Å²) in [5.41, 5.74) is 0.219. The Balaban J connectivity index is 2.06. The molecular weight excluding hydrogens is 292 g/mol. The molecule has 0 saturated heterocycles. The molecule has 22 heavy (non-hydrogen) atoms. The third-order valence-corrected chi connectivity index (χ3v) is 3.48. The third-order valence-electron chi connectivity index (χ3n) is 3.48. The Hall–Kier alpha value is -2.93. The zero-order chi connectivity index (χ0) is 16.0. The maximum atomic E-state index is 12.2. The van der Waals surface area contributed by atoms with E-state index in [4.69, 9.17) is 4.74 Å². The zero-order valence-corrected chi connectivity index (χ0v) is 11.1. The number of aliphatic hydroxyl groups excluding tert-OH is 1. The van der Waals surface area contributed by atoms with E-state index in [0.29, 0.717) is 0 Å². The first-order chi connectivity index (χ1) is 10.4. The van der Waals surface area contributed by atoms with Crippen molar-refractivity contribution in [3.63, 3.8) is 0 Å². The number of Topliss-reactive ketones (excluding diaryl/α,β-unsaturated/α-hetero) is 1. The Morgan fingerprint density at radius 3 is 2.18 bits per heavy atom. The van der Waals surface area contributed by atoms with Crippen molar-refractivity contribution >= 4 is 5.78 Å². The molecule has 1 heterocycles. The van der Waals surface area contributed by atoms with Gasteiger partial charge in [-0.1, -0.05) is 6.07 Å². The Labute approximate surface area is 124 Å². The number of carbonyl (C=O) groups excluding carboxylic acids is 1. The van der Waals surface area contributed by atoms with Crippen molar-refractivity contribution in [3.8, 4) is 28.7 Å². The normalized spacial score (nSPS) is 20.3. The number of hydrogen-bond acceptors (Lipinski definition) is 7. The van der Waals surface area contributed by atoms with Gasteiger partial charge in [-0.25, -0.2) is 0 Å². The van der Waals surface area contributed by atoms with Gasteiger partial charge in [0.15, 0.2) is 41.0 Å². The van der Waals surface area contributed by atoms with Gasteiger partial charge in [-0.2, -0.15) is 0 Å². The van der Waals surface area contributed by atoms with Crippen molar-refractivity contribution in [1.82, 2.24) is 0 Å². The second-order valence-electron chi connectivity index (χ2n) is 4.93. The van der Waals surface area contributed by atoms with E-state index < -0.39 is 35.2 Å². The number of benzene rings is 2. The fraction of sp³-hybridized carbons (Fsp3) is 0.133. The molecule has 3 rings (SSSR count). The highest BCUT2D eigenvalue weighted by molar-refractivity contribution is 6.03. The van der Waals surface area contributed by atoms with Gasteiger partial charge in [0, 0.05) is 6.07 Å². The molecule has 0 saturated carbocycles. The fourth-order valence-electron chi connectivity index (χ4n) is 2.31. The standard InChI is InChI=1S/C15H12O7/c16-8-2-1-6(3-9(8)17)15-14(21)13(20)7-4-10(18)11(19)5-12(7)22-15/h1-5,14-19,21H/t14-,15+/m1/s1. The van der Waals surface area contributed by atoms with Crippen molar-refractivity contribution in [2.45, 2.75) is 12.2 Å². The Morgan fingerprint density at radius 1 is 0.864 bits per heavy atom. The number of hydrogen-bond donors (Lipinski definition) is 5. The minimum absolute atomic E-state index is 0.00293. The summed E-state index contributed by atoms with van der Waals surface area (Å²) >= 11 is 0. The largest absolute Gasteiger partial charge is 0.504 e. The lowest BCUT2D eigenvalue weighted by Gasteiger charge is -2.30. The maximum Gasteiger partial charge on any atom is 0.199 e. The van der Waals surface area contributed by atoms with Crippen LogP contribution in [0.15, 0.2) is 30.3 Å². The van der Waals surface area contributed by atoms with Crippen LogP contribution in [0.25, 0.3) is 0 Å². The summed E-state index contributed by atoms with van der Waals surface area (Å²) in [5, 5.41) is 47.8. The Morgan fingerprint density at radius 2 is 1.50 bits per heavy atom. The maximum absolute atomic E-state index is 12.2. The first-order valence-electron chi connectivity index (χ1n) is 6.35. The van der Waals surface area contributed by atoms with Gasteiger partial charge < -0.3 is 30.3 Å². The number of aliphatic hydroxyl groups is 1. The van der Waals surface area contributed by atoms with Crippen LogP contribution in [-0.4, -0.2) is 37.4 Å². The Bertz CT molecular complexity index is 769. The first-order valence-corrected chi connectivity index (χ1v) is 6.35. The van der Waals surface area contributed by atoms with E-state index in [9.17, 15) is 30.3 Å². The number of ketones is 1. The van der Waals surface area contributed by atoms with E-state index in [1.165, 1.54) is 18.2 Å². The van der Waals surface area contributed by atoms with Crippen LogP contribution < -0.4 is 4.74 Å². The minimum Gasteiger partial charge on any atom is -0.504 e. The van der Waals surface area contributed by atoms with Gasteiger partial charge in [-0.05, 0) is 23.8 Å². The van der Waals surface area contributed by atoms with Crippen molar-refractivity contribution in [1.29, 1.82) is 0 Å². The van der Waals surface area contributed by atoms with E-state index in [1.54, 1.807) is 0 Å². The van der Waals surface area contributed by atoms with Crippen LogP contribution in [0, 0.1) is 0 Å². The van der Waals surface area contributed by atoms with E-state index in [2.05, 4.69) is 0 Å². The van der Waals surface area contributed by atoms with Crippen molar-refractivity contribution in [3.05, 3.63) is 41.5 Å². The number of phenols is 4. The highest BCUT2D eigenvalue weighted by atomic mass is 16.5. The first kappa shape index (κ1) is 14.0. The third kappa shape index (κ3) is 2.08. The van der Waals surface area contributed by atoms with Gasteiger partial charge in [0.2, 0.25) is 0 Å². The fourth-order valence-corrected chi connectivity index (χ4v) is 2.31. The number of rotatable bonds is 1. The number of carbonyl (C=O) groups is 1. The van der Waals surface area contributed by atoms with Crippen LogP contribution in [0.5, 0.6) is 28.7 Å². The molecule has 5 N–H and O–H groups in total. The molecule has 0 aliphatic carbocycles. The number of fused-ring (bicyclic) bond motifs is 1. The molecule has 7 heteroatoms. The summed E-state index contributed by atoms with van der Waals surface area (Å²) in [6.07, 6.45) is -2.67. The SMILES string of the molecule is O=C1c2cc(O)c(O)cc2O[C@@H](c2ccc(O)c(O)c2)[C@@H]1O. The average Bonchev–Trinajstić information content (AvgIpc) is 2.48. The van der Waals surface area contributed by atoms with Gasteiger partial charge in [0.1, 0.15) is 5.75 Å². The number of phenolic OH excluding ortho intramolecular Hbond substituents is 4. The smallest absolute Gasteiger partial charge is 0.199 e. The molecule has 114 valence electrons. The molecule has 0 fully saturated rings. The summed E-state index contributed by atoms with van der Waals surface area (Å²) in [6.45, 7) is 0. The molecule has 7 nitrogen and oxygen atoms in total. The zero-order valence-electron chi connectivity index (χ0n) is 11.1. The predicted molar refractivity (Wildman–Crippen MR) is 73.2 cm³/mol. The monoisotopic (exact) mass is 304 g/mol. The van der Waals surface area contributed by atoms with Crippen molar-refractivity contribution in [2.75, 3.05) is 0 Å². The van der Waals surface area contributed by atoms with Gasteiger partial charge in [-0.15, -0.1) is 0 Å². The average molecular weight is 304 g/mol. The van der Waals surface area contributed by atoms with Crippen LogP contribution >= 0.6 is 0 Å². The van der Waals surface area contributed by atoms with Gasteiger partial charge in [0.05, 0.1) is 5.56 Å². The molecule has 2 aromatic rings. The van der Waals surface area contributed by atoms with E-state index in [0.717, 1.165) is 12.1 Å². The Kier molecular flexibility index (Phi) is 3.07. The number of aromatic hydroxyl groups is 4. The molecule has 0 amide bonds. The molecule has 1 aliphatic rings. The molecule has 2 aromatic carbocycles. The summed E-state index contributed by atoms with van der Waals surface area (Å²) in [7, 11) is 0. The van der Waals surface area contributed by atoms with Crippen molar-refractivity contribution < 1.29 is 35.1 Å². The summed E-state index contributed by atoms with van der Waals surface area (Å²) < 4.78 is 5.50. The molecule has 0 aromatic heterocycles. The van der Waals surface area contributed by atoms with Crippen LogP contribution in [0.4, 0.5) is 0 Å². The summed E-state index contributed by atoms with van der Waals surface area (Å²) in [5.74, 6) is -2.40. The van der Waals surface area contributed by atoms with Crippen LogP contribution in [0.1, 0.15) is 22.0 Å².